The molecular formula is C14H22N2O3S. The summed E-state index contributed by atoms with van der Waals surface area (Å²) < 4.78 is 31.7. The Balaban J connectivity index is 2.49. The molecule has 5 nitrogen and oxygen atoms in total. The van der Waals surface area contributed by atoms with Crippen molar-refractivity contribution in [3.8, 4) is 0 Å². The van der Waals surface area contributed by atoms with Crippen LogP contribution in [0.4, 0.5) is 0 Å². The van der Waals surface area contributed by atoms with Gasteiger partial charge in [0.1, 0.15) is 0 Å². The minimum atomic E-state index is -3.48. The van der Waals surface area contributed by atoms with Crippen LogP contribution in [0.2, 0.25) is 0 Å². The smallest absolute Gasteiger partial charge is 0.240 e. The molecule has 0 unspecified atom stereocenters. The molecule has 1 rings (SSSR count). The third kappa shape index (κ3) is 5.83. The number of sulfonamides is 1. The van der Waals surface area contributed by atoms with Crippen molar-refractivity contribution in [2.24, 2.45) is 5.73 Å². The average Bonchev–Trinajstić information content (AvgIpc) is 2.39. The van der Waals surface area contributed by atoms with Gasteiger partial charge < -0.3 is 10.5 Å². The monoisotopic (exact) mass is 298 g/mol. The normalized spacial score (nSPS) is 11.5. The summed E-state index contributed by atoms with van der Waals surface area (Å²) in [7, 11) is -3.48. The summed E-state index contributed by atoms with van der Waals surface area (Å²) in [6, 6.07) is 6.72. The molecule has 0 fully saturated rings. The van der Waals surface area contributed by atoms with Crippen LogP contribution in [0.5, 0.6) is 0 Å². The van der Waals surface area contributed by atoms with E-state index in [-0.39, 0.29) is 11.4 Å². The van der Waals surface area contributed by atoms with Gasteiger partial charge in [-0.3, -0.25) is 0 Å². The molecule has 6 heteroatoms. The molecule has 0 atom stereocenters. The number of hydrogen-bond donors (Lipinski definition) is 2. The van der Waals surface area contributed by atoms with Gasteiger partial charge >= 0.3 is 0 Å². The molecule has 0 heterocycles. The second-order valence-electron chi connectivity index (χ2n) is 4.59. The van der Waals surface area contributed by atoms with Crippen molar-refractivity contribution in [3.05, 3.63) is 42.0 Å². The fourth-order valence-corrected chi connectivity index (χ4v) is 2.59. The molecular weight excluding hydrogens is 276 g/mol. The standard InChI is InChI=1S/C14H22N2O3S/c1-12(2)11-19-10-9-16-20(17,18)14-5-3-13(4-6-14)7-8-15/h3-6,16H,1,7-11,15H2,2H3. The first kappa shape index (κ1) is 16.8. The predicted molar refractivity (Wildman–Crippen MR) is 80.0 cm³/mol. The van der Waals surface area contributed by atoms with Crippen LogP contribution in [-0.4, -0.2) is 34.7 Å². The number of nitrogens with one attached hydrogen (secondary N) is 1. The van der Waals surface area contributed by atoms with E-state index >= 15 is 0 Å². The molecule has 0 spiro atoms. The third-order valence-corrected chi connectivity index (χ3v) is 4.03. The van der Waals surface area contributed by atoms with E-state index in [1.54, 1.807) is 24.3 Å². The first-order valence-electron chi connectivity index (χ1n) is 6.46. The van der Waals surface area contributed by atoms with Gasteiger partial charge in [-0.25, -0.2) is 13.1 Å². The lowest BCUT2D eigenvalue weighted by Crippen LogP contribution is -2.27. The van der Waals surface area contributed by atoms with Crippen molar-refractivity contribution in [1.82, 2.24) is 4.72 Å². The zero-order chi connectivity index (χ0) is 15.0. The number of hydrogen-bond acceptors (Lipinski definition) is 4. The van der Waals surface area contributed by atoms with E-state index in [0.29, 0.717) is 19.8 Å². The van der Waals surface area contributed by atoms with Crippen molar-refractivity contribution in [2.75, 3.05) is 26.3 Å². The van der Waals surface area contributed by atoms with Gasteiger partial charge in [0.2, 0.25) is 10.0 Å². The lowest BCUT2D eigenvalue weighted by atomic mass is 10.2. The Morgan fingerprint density at radius 2 is 2.00 bits per heavy atom. The van der Waals surface area contributed by atoms with Crippen LogP contribution in [0.3, 0.4) is 0 Å². The highest BCUT2D eigenvalue weighted by molar-refractivity contribution is 7.89. The van der Waals surface area contributed by atoms with E-state index in [1.165, 1.54) is 0 Å². The summed E-state index contributed by atoms with van der Waals surface area (Å²) in [4.78, 5) is 0.248. The Morgan fingerprint density at radius 3 is 2.55 bits per heavy atom. The van der Waals surface area contributed by atoms with Crippen molar-refractivity contribution in [1.29, 1.82) is 0 Å². The van der Waals surface area contributed by atoms with E-state index in [1.807, 2.05) is 6.92 Å². The highest BCUT2D eigenvalue weighted by Crippen LogP contribution is 2.10. The molecule has 1 aromatic rings. The predicted octanol–water partition coefficient (Wildman–Crippen LogP) is 1.06. The van der Waals surface area contributed by atoms with Crippen LogP contribution in [0.1, 0.15) is 12.5 Å². The molecule has 0 saturated heterocycles. The van der Waals surface area contributed by atoms with Gasteiger partial charge in [0.15, 0.2) is 0 Å². The zero-order valence-corrected chi connectivity index (χ0v) is 12.6. The maximum absolute atomic E-state index is 12.0. The largest absolute Gasteiger partial charge is 0.376 e. The Labute approximate surface area is 120 Å². The highest BCUT2D eigenvalue weighted by atomic mass is 32.2. The lowest BCUT2D eigenvalue weighted by molar-refractivity contribution is 0.162. The molecule has 20 heavy (non-hydrogen) atoms. The maximum atomic E-state index is 12.0. The maximum Gasteiger partial charge on any atom is 0.240 e. The molecule has 0 amide bonds. The fourth-order valence-electron chi connectivity index (χ4n) is 1.58. The summed E-state index contributed by atoms with van der Waals surface area (Å²) in [5, 5.41) is 0. The topological polar surface area (TPSA) is 81.4 Å². The minimum Gasteiger partial charge on any atom is -0.376 e. The Hall–Kier alpha value is -1.21. The van der Waals surface area contributed by atoms with E-state index in [0.717, 1.165) is 17.6 Å². The molecule has 0 aliphatic heterocycles. The number of rotatable bonds is 9. The van der Waals surface area contributed by atoms with Crippen LogP contribution < -0.4 is 10.5 Å². The Bertz CT molecular complexity index is 524. The van der Waals surface area contributed by atoms with Crippen molar-refractivity contribution < 1.29 is 13.2 Å². The molecule has 0 bridgehead atoms. The van der Waals surface area contributed by atoms with Gasteiger partial charge in [-0.15, -0.1) is 0 Å². The van der Waals surface area contributed by atoms with Crippen LogP contribution in [0.15, 0.2) is 41.3 Å². The second-order valence-corrected chi connectivity index (χ2v) is 6.36. The van der Waals surface area contributed by atoms with Crippen LogP contribution in [0.25, 0.3) is 0 Å². The van der Waals surface area contributed by atoms with E-state index in [4.69, 9.17) is 10.5 Å². The van der Waals surface area contributed by atoms with E-state index < -0.39 is 10.0 Å². The number of nitrogens with two attached hydrogens (primary N) is 1. The van der Waals surface area contributed by atoms with Crippen molar-refractivity contribution in [2.45, 2.75) is 18.2 Å². The first-order chi connectivity index (χ1) is 9.45. The third-order valence-electron chi connectivity index (χ3n) is 2.55. The van der Waals surface area contributed by atoms with Gasteiger partial charge in [-0.05, 0) is 37.6 Å². The van der Waals surface area contributed by atoms with Gasteiger partial charge in [0.25, 0.3) is 0 Å². The summed E-state index contributed by atoms with van der Waals surface area (Å²) in [6.45, 7) is 7.09. The SMILES string of the molecule is C=C(C)COCCNS(=O)(=O)c1ccc(CCN)cc1. The molecule has 0 radical (unpaired) electrons. The molecule has 112 valence electrons. The summed E-state index contributed by atoms with van der Waals surface area (Å²) in [6.07, 6.45) is 0.739. The van der Waals surface area contributed by atoms with Gasteiger partial charge in [-0.1, -0.05) is 24.3 Å². The lowest BCUT2D eigenvalue weighted by Gasteiger charge is -2.08. The average molecular weight is 298 g/mol. The van der Waals surface area contributed by atoms with E-state index in [2.05, 4.69) is 11.3 Å². The van der Waals surface area contributed by atoms with Crippen molar-refractivity contribution >= 4 is 10.0 Å². The van der Waals surface area contributed by atoms with Crippen LogP contribution in [-0.2, 0) is 21.2 Å². The summed E-state index contributed by atoms with van der Waals surface area (Å²) in [5.41, 5.74) is 7.38. The van der Waals surface area contributed by atoms with Gasteiger partial charge in [0, 0.05) is 6.54 Å². The van der Waals surface area contributed by atoms with Crippen molar-refractivity contribution in [3.63, 3.8) is 0 Å². The van der Waals surface area contributed by atoms with Gasteiger partial charge in [0.05, 0.1) is 18.1 Å². The molecule has 3 N–H and O–H groups in total. The summed E-state index contributed by atoms with van der Waals surface area (Å²) in [5.74, 6) is 0. The fraction of sp³-hybridized carbons (Fsp3) is 0.429. The zero-order valence-electron chi connectivity index (χ0n) is 11.8. The first-order valence-corrected chi connectivity index (χ1v) is 7.95. The Kier molecular flexibility index (Phi) is 6.87. The quantitative estimate of drug-likeness (QED) is 0.527. The molecule has 0 aliphatic carbocycles. The highest BCUT2D eigenvalue weighted by Gasteiger charge is 2.12. The molecule has 0 aromatic heterocycles. The molecule has 0 saturated carbocycles. The van der Waals surface area contributed by atoms with Crippen LogP contribution >= 0.6 is 0 Å². The number of ether oxygens (including phenoxy) is 1. The molecule has 0 aliphatic rings. The van der Waals surface area contributed by atoms with E-state index in [9.17, 15) is 8.42 Å². The number of benzene rings is 1. The Morgan fingerprint density at radius 1 is 1.35 bits per heavy atom. The molecule has 1 aromatic carbocycles. The second kappa shape index (κ2) is 8.16. The minimum absolute atomic E-state index is 0.236. The summed E-state index contributed by atoms with van der Waals surface area (Å²) >= 11 is 0. The van der Waals surface area contributed by atoms with Crippen LogP contribution in [0, 0.1) is 0 Å². The van der Waals surface area contributed by atoms with Gasteiger partial charge in [-0.2, -0.15) is 0 Å².